The third kappa shape index (κ3) is 2.98. The topological polar surface area (TPSA) is 65.7 Å². The van der Waals surface area contributed by atoms with Gasteiger partial charge in [-0.2, -0.15) is 0 Å². The van der Waals surface area contributed by atoms with Crippen LogP contribution in [0.1, 0.15) is 35.3 Å². The number of hydrogen-bond donors (Lipinski definition) is 0. The summed E-state index contributed by atoms with van der Waals surface area (Å²) < 4.78 is 7.30. The van der Waals surface area contributed by atoms with Crippen LogP contribution in [0.4, 0.5) is 0 Å². The molecule has 102 valence electrons. The van der Waals surface area contributed by atoms with E-state index in [1.165, 1.54) is 0 Å². The fraction of sp³-hybridized carbons (Fsp3) is 0.667. The van der Waals surface area contributed by atoms with Crippen LogP contribution in [0.3, 0.4) is 0 Å². The summed E-state index contributed by atoms with van der Waals surface area (Å²) in [7, 11) is 0. The maximum atomic E-state index is 5.38. The second kappa shape index (κ2) is 5.75. The van der Waals surface area contributed by atoms with E-state index in [9.17, 15) is 0 Å². The summed E-state index contributed by atoms with van der Waals surface area (Å²) in [6.45, 7) is 4.44. The van der Waals surface area contributed by atoms with Gasteiger partial charge >= 0.3 is 0 Å². The maximum Gasteiger partial charge on any atom is 0.154 e. The predicted molar refractivity (Wildman–Crippen MR) is 71.2 cm³/mol. The number of aryl methyl sites for hydroxylation is 3. The molecular weight excluding hydrogens is 262 g/mol. The lowest BCUT2D eigenvalue weighted by Crippen LogP contribution is -2.19. The van der Waals surface area contributed by atoms with Crippen LogP contribution in [0.5, 0.6) is 0 Å². The Labute approximate surface area is 115 Å². The van der Waals surface area contributed by atoms with Crippen molar-refractivity contribution in [3.8, 4) is 0 Å². The summed E-state index contributed by atoms with van der Waals surface area (Å²) in [5, 5.41) is 15.3. The minimum atomic E-state index is 0.431. The summed E-state index contributed by atoms with van der Waals surface area (Å²) >= 11 is 1.69. The minimum Gasteiger partial charge on any atom is -0.381 e. The van der Waals surface area contributed by atoms with Gasteiger partial charge in [-0.15, -0.1) is 16.4 Å². The van der Waals surface area contributed by atoms with Crippen LogP contribution in [0.2, 0.25) is 0 Å². The molecule has 0 saturated carbocycles. The molecule has 0 aliphatic carbocycles. The molecule has 0 amide bonds. The molecule has 6 nitrogen and oxygen atoms in total. The van der Waals surface area contributed by atoms with E-state index < -0.39 is 0 Å². The van der Waals surface area contributed by atoms with Crippen LogP contribution in [0, 0.1) is 6.92 Å². The highest BCUT2D eigenvalue weighted by atomic mass is 32.1. The number of tetrazole rings is 1. The van der Waals surface area contributed by atoms with Gasteiger partial charge in [-0.25, -0.2) is 9.67 Å². The molecule has 0 radical (unpaired) electrons. The Morgan fingerprint density at radius 2 is 2.26 bits per heavy atom. The summed E-state index contributed by atoms with van der Waals surface area (Å²) in [5.41, 5.74) is 1.12. The third-order valence-electron chi connectivity index (χ3n) is 3.39. The first-order chi connectivity index (χ1) is 9.33. The number of nitrogens with zero attached hydrogens (tertiary/aromatic N) is 5. The fourth-order valence-electron chi connectivity index (χ4n) is 2.36. The van der Waals surface area contributed by atoms with Gasteiger partial charge < -0.3 is 4.74 Å². The van der Waals surface area contributed by atoms with Gasteiger partial charge in [0.1, 0.15) is 0 Å². The lowest BCUT2D eigenvalue weighted by molar-refractivity contribution is 0.0825. The standard InChI is InChI=1S/C12H17N5OS/c1-9-13-11(8-19-9)2-5-17-12(14-15-16-17)10-3-6-18-7-4-10/h8,10H,2-7H2,1H3. The Morgan fingerprint density at radius 3 is 3.00 bits per heavy atom. The lowest BCUT2D eigenvalue weighted by Gasteiger charge is -2.20. The van der Waals surface area contributed by atoms with Crippen molar-refractivity contribution < 1.29 is 4.74 Å². The molecule has 2 aromatic rings. The molecule has 3 heterocycles. The Balaban J connectivity index is 1.66. The highest BCUT2D eigenvalue weighted by Crippen LogP contribution is 2.24. The highest BCUT2D eigenvalue weighted by Gasteiger charge is 2.21. The number of ether oxygens (including phenoxy) is 1. The largest absolute Gasteiger partial charge is 0.381 e. The number of thiazole rings is 1. The molecule has 0 spiro atoms. The lowest BCUT2D eigenvalue weighted by atomic mass is 9.99. The molecule has 2 aromatic heterocycles. The molecule has 1 saturated heterocycles. The molecule has 0 unspecified atom stereocenters. The van der Waals surface area contributed by atoms with Gasteiger partial charge in [-0.3, -0.25) is 0 Å². The van der Waals surface area contributed by atoms with Crippen LogP contribution < -0.4 is 0 Å². The molecule has 0 bridgehead atoms. The van der Waals surface area contributed by atoms with Crippen LogP contribution in [-0.4, -0.2) is 38.4 Å². The summed E-state index contributed by atoms with van der Waals surface area (Å²) in [4.78, 5) is 4.47. The van der Waals surface area contributed by atoms with Gasteiger partial charge in [0.25, 0.3) is 0 Å². The SMILES string of the molecule is Cc1nc(CCn2nnnc2C2CCOCC2)cs1. The molecule has 0 aromatic carbocycles. The van der Waals surface area contributed by atoms with E-state index in [4.69, 9.17) is 4.74 Å². The van der Waals surface area contributed by atoms with E-state index in [-0.39, 0.29) is 0 Å². The smallest absolute Gasteiger partial charge is 0.154 e. The first-order valence-electron chi connectivity index (χ1n) is 6.58. The van der Waals surface area contributed by atoms with Crippen molar-refractivity contribution in [3.63, 3.8) is 0 Å². The van der Waals surface area contributed by atoms with Crippen molar-refractivity contribution in [2.24, 2.45) is 0 Å². The van der Waals surface area contributed by atoms with Crippen molar-refractivity contribution in [2.75, 3.05) is 13.2 Å². The zero-order valence-corrected chi connectivity index (χ0v) is 11.8. The van der Waals surface area contributed by atoms with Crippen molar-refractivity contribution in [1.29, 1.82) is 0 Å². The summed E-state index contributed by atoms with van der Waals surface area (Å²) in [6, 6.07) is 0. The van der Waals surface area contributed by atoms with E-state index in [2.05, 4.69) is 25.9 Å². The number of aromatic nitrogens is 5. The average molecular weight is 279 g/mol. The molecule has 0 atom stereocenters. The Morgan fingerprint density at radius 1 is 1.42 bits per heavy atom. The van der Waals surface area contributed by atoms with Crippen LogP contribution >= 0.6 is 11.3 Å². The Hall–Kier alpha value is -1.34. The average Bonchev–Trinajstić information content (AvgIpc) is 3.06. The van der Waals surface area contributed by atoms with Crippen LogP contribution in [0.25, 0.3) is 0 Å². The van der Waals surface area contributed by atoms with Gasteiger partial charge in [-0.05, 0) is 30.2 Å². The monoisotopic (exact) mass is 279 g/mol. The zero-order valence-electron chi connectivity index (χ0n) is 10.9. The summed E-state index contributed by atoms with van der Waals surface area (Å²) in [5.74, 6) is 1.43. The van der Waals surface area contributed by atoms with Gasteiger partial charge in [0, 0.05) is 30.9 Å². The molecule has 3 rings (SSSR count). The van der Waals surface area contributed by atoms with Crippen molar-refractivity contribution in [2.45, 2.75) is 38.6 Å². The van der Waals surface area contributed by atoms with Crippen molar-refractivity contribution in [3.05, 3.63) is 21.9 Å². The zero-order chi connectivity index (χ0) is 13.1. The quantitative estimate of drug-likeness (QED) is 0.850. The number of hydrogen-bond acceptors (Lipinski definition) is 6. The number of rotatable bonds is 4. The second-order valence-corrected chi connectivity index (χ2v) is 5.82. The molecule has 19 heavy (non-hydrogen) atoms. The van der Waals surface area contributed by atoms with E-state index in [0.717, 1.165) is 55.5 Å². The first kappa shape index (κ1) is 12.7. The first-order valence-corrected chi connectivity index (χ1v) is 7.45. The van der Waals surface area contributed by atoms with Crippen LogP contribution in [-0.2, 0) is 17.7 Å². The van der Waals surface area contributed by atoms with Gasteiger partial charge in [0.05, 0.1) is 17.2 Å². The van der Waals surface area contributed by atoms with Crippen molar-refractivity contribution in [1.82, 2.24) is 25.2 Å². The normalized spacial score (nSPS) is 16.9. The van der Waals surface area contributed by atoms with Gasteiger partial charge in [0.2, 0.25) is 0 Å². The third-order valence-corrected chi connectivity index (χ3v) is 4.21. The van der Waals surface area contributed by atoms with E-state index in [1.54, 1.807) is 11.3 Å². The van der Waals surface area contributed by atoms with E-state index in [0.29, 0.717) is 5.92 Å². The Bertz CT molecular complexity index is 532. The van der Waals surface area contributed by atoms with Crippen molar-refractivity contribution >= 4 is 11.3 Å². The van der Waals surface area contributed by atoms with Crippen LogP contribution in [0.15, 0.2) is 5.38 Å². The highest BCUT2D eigenvalue weighted by molar-refractivity contribution is 7.09. The van der Waals surface area contributed by atoms with Gasteiger partial charge in [-0.1, -0.05) is 0 Å². The second-order valence-electron chi connectivity index (χ2n) is 4.75. The molecule has 0 N–H and O–H groups in total. The van der Waals surface area contributed by atoms with Gasteiger partial charge in [0.15, 0.2) is 5.82 Å². The molecule has 1 fully saturated rings. The summed E-state index contributed by atoms with van der Waals surface area (Å²) in [6.07, 6.45) is 2.90. The molecule has 1 aliphatic heterocycles. The molecule has 1 aliphatic rings. The minimum absolute atomic E-state index is 0.431. The Kier molecular flexibility index (Phi) is 3.84. The van der Waals surface area contributed by atoms with E-state index in [1.807, 2.05) is 11.6 Å². The molecule has 7 heteroatoms. The maximum absolute atomic E-state index is 5.38. The predicted octanol–water partition coefficient (Wildman–Crippen LogP) is 1.57. The fourth-order valence-corrected chi connectivity index (χ4v) is 3.01. The molecular formula is C12H17N5OS. The van der Waals surface area contributed by atoms with E-state index >= 15 is 0 Å².